The number of aromatic hydroxyl groups is 1. The third-order valence-corrected chi connectivity index (χ3v) is 7.37. The Morgan fingerprint density at radius 3 is 2.50 bits per heavy atom. The van der Waals surface area contributed by atoms with Gasteiger partial charge in [0.1, 0.15) is 17.8 Å². The Morgan fingerprint density at radius 1 is 1.05 bits per heavy atom. The number of halogens is 3. The maximum absolute atomic E-state index is 13.3. The SMILES string of the molecule is O=C(c1ccc(Oc2nccn3c(-c4conc4C(F)(F)F)cnc23)cc1O)N1CCN(C(=O)C2CCOCC2)CC1. The molecule has 2 fully saturated rings. The van der Waals surface area contributed by atoms with Crippen LogP contribution < -0.4 is 4.74 Å². The molecule has 0 bridgehead atoms. The number of hydrogen-bond donors (Lipinski definition) is 1. The van der Waals surface area contributed by atoms with Crippen LogP contribution in [0.25, 0.3) is 16.9 Å². The third-order valence-electron chi connectivity index (χ3n) is 7.37. The van der Waals surface area contributed by atoms with Crippen LogP contribution in [0, 0.1) is 5.92 Å². The molecule has 6 rings (SSSR count). The summed E-state index contributed by atoms with van der Waals surface area (Å²) in [4.78, 5) is 37.6. The van der Waals surface area contributed by atoms with Crippen LogP contribution in [0.3, 0.4) is 0 Å². The van der Waals surface area contributed by atoms with Crippen LogP contribution in [0.5, 0.6) is 17.4 Å². The quantitative estimate of drug-likeness (QED) is 0.372. The van der Waals surface area contributed by atoms with Crippen molar-refractivity contribution in [3.05, 3.63) is 54.3 Å². The van der Waals surface area contributed by atoms with Gasteiger partial charge in [-0.2, -0.15) is 13.2 Å². The van der Waals surface area contributed by atoms with Crippen molar-refractivity contribution in [2.24, 2.45) is 5.92 Å². The van der Waals surface area contributed by atoms with Crippen molar-refractivity contribution in [1.82, 2.24) is 29.3 Å². The van der Waals surface area contributed by atoms with Crippen molar-refractivity contribution in [3.63, 3.8) is 0 Å². The van der Waals surface area contributed by atoms with E-state index in [0.717, 1.165) is 6.26 Å². The number of nitrogens with zero attached hydrogens (tertiary/aromatic N) is 6. The fourth-order valence-corrected chi connectivity index (χ4v) is 5.16. The molecule has 15 heteroatoms. The molecule has 220 valence electrons. The normalized spacial score (nSPS) is 16.6. The van der Waals surface area contributed by atoms with Gasteiger partial charge in [0.2, 0.25) is 11.6 Å². The number of piperazine rings is 1. The second kappa shape index (κ2) is 11.0. The van der Waals surface area contributed by atoms with E-state index < -0.39 is 11.9 Å². The summed E-state index contributed by atoms with van der Waals surface area (Å²) < 4.78 is 57.1. The standard InChI is InChI=1S/C27H25F3N6O6/c28-27(29,30)22-19(15-41-33-22)20-14-32-23-24(31-5-6-36(20)23)42-17-1-2-18(21(37)13-17)26(39)35-9-7-34(8-10-35)25(38)16-3-11-40-12-4-16/h1-2,5-6,13-16,37H,3-4,7-12H2. The second-order valence-corrected chi connectivity index (χ2v) is 9.93. The van der Waals surface area contributed by atoms with Crippen molar-refractivity contribution in [2.75, 3.05) is 39.4 Å². The van der Waals surface area contributed by atoms with Crippen LogP contribution in [0.1, 0.15) is 28.9 Å². The number of benzene rings is 1. The lowest BCUT2D eigenvalue weighted by Crippen LogP contribution is -2.52. The number of amides is 2. The molecular formula is C27H25F3N6O6. The number of aromatic nitrogens is 4. The molecule has 0 atom stereocenters. The monoisotopic (exact) mass is 586 g/mol. The van der Waals surface area contributed by atoms with Gasteiger partial charge in [-0.3, -0.25) is 14.0 Å². The number of fused-ring (bicyclic) bond motifs is 1. The van der Waals surface area contributed by atoms with Gasteiger partial charge >= 0.3 is 6.18 Å². The maximum Gasteiger partial charge on any atom is 0.437 e. The van der Waals surface area contributed by atoms with E-state index in [0.29, 0.717) is 52.2 Å². The van der Waals surface area contributed by atoms with Gasteiger partial charge in [-0.15, -0.1) is 0 Å². The first-order chi connectivity index (χ1) is 20.2. The third kappa shape index (κ3) is 5.22. The number of ether oxygens (including phenoxy) is 2. The van der Waals surface area contributed by atoms with Gasteiger partial charge in [0.05, 0.1) is 23.0 Å². The number of carbonyl (C=O) groups is 2. The topological polar surface area (TPSA) is 136 Å². The van der Waals surface area contributed by atoms with Crippen LogP contribution >= 0.6 is 0 Å². The number of hydrogen-bond acceptors (Lipinski definition) is 9. The zero-order valence-electron chi connectivity index (χ0n) is 22.1. The number of alkyl halides is 3. The number of phenols is 1. The highest BCUT2D eigenvalue weighted by atomic mass is 19.4. The summed E-state index contributed by atoms with van der Waals surface area (Å²) >= 11 is 0. The van der Waals surface area contributed by atoms with E-state index in [1.807, 2.05) is 0 Å². The molecule has 0 spiro atoms. The lowest BCUT2D eigenvalue weighted by Gasteiger charge is -2.37. The van der Waals surface area contributed by atoms with Crippen molar-refractivity contribution in [1.29, 1.82) is 0 Å². The van der Waals surface area contributed by atoms with Crippen LogP contribution in [0.15, 0.2) is 47.6 Å². The summed E-state index contributed by atoms with van der Waals surface area (Å²) in [6.45, 7) is 2.64. The molecule has 0 aliphatic carbocycles. The second-order valence-electron chi connectivity index (χ2n) is 9.93. The van der Waals surface area contributed by atoms with E-state index in [1.165, 1.54) is 41.2 Å². The van der Waals surface area contributed by atoms with Crippen LogP contribution in [0.2, 0.25) is 0 Å². The first-order valence-corrected chi connectivity index (χ1v) is 13.2. The molecule has 4 aromatic rings. The minimum atomic E-state index is -4.73. The van der Waals surface area contributed by atoms with Gasteiger partial charge in [-0.25, -0.2) is 9.97 Å². The highest BCUT2D eigenvalue weighted by molar-refractivity contribution is 5.97. The van der Waals surface area contributed by atoms with Gasteiger partial charge in [0.25, 0.3) is 11.8 Å². The van der Waals surface area contributed by atoms with Crippen LogP contribution in [0.4, 0.5) is 13.2 Å². The highest BCUT2D eigenvalue weighted by Crippen LogP contribution is 2.37. The first-order valence-electron chi connectivity index (χ1n) is 13.2. The van der Waals surface area contributed by atoms with E-state index in [2.05, 4.69) is 19.6 Å². The molecule has 42 heavy (non-hydrogen) atoms. The average Bonchev–Trinajstić information content (AvgIpc) is 3.65. The van der Waals surface area contributed by atoms with E-state index in [1.54, 1.807) is 9.80 Å². The summed E-state index contributed by atoms with van der Waals surface area (Å²) in [6, 6.07) is 4.13. The number of imidazole rings is 1. The first kappa shape index (κ1) is 27.5. The zero-order chi connectivity index (χ0) is 29.4. The fraction of sp³-hybridized carbons (Fsp3) is 0.370. The Balaban J connectivity index is 1.14. The molecule has 2 amide bonds. The number of rotatable bonds is 5. The Hall–Kier alpha value is -4.66. The molecule has 0 saturated carbocycles. The van der Waals surface area contributed by atoms with Gasteiger partial charge in [-0.05, 0) is 25.0 Å². The summed E-state index contributed by atoms with van der Waals surface area (Å²) in [5.41, 5.74) is -1.27. The molecule has 2 saturated heterocycles. The summed E-state index contributed by atoms with van der Waals surface area (Å²) in [6.07, 6.45) is 1.49. The molecule has 5 heterocycles. The Morgan fingerprint density at radius 2 is 1.79 bits per heavy atom. The predicted molar refractivity (Wildman–Crippen MR) is 138 cm³/mol. The minimum absolute atomic E-state index is 0.0439. The molecule has 0 radical (unpaired) electrons. The van der Waals surface area contributed by atoms with E-state index in [4.69, 9.17) is 9.47 Å². The largest absolute Gasteiger partial charge is 0.507 e. The molecule has 1 N–H and O–H groups in total. The molecule has 1 aromatic carbocycles. The van der Waals surface area contributed by atoms with Gasteiger partial charge in [0, 0.05) is 63.8 Å². The Labute approximate surface area is 236 Å². The van der Waals surface area contributed by atoms with Crippen molar-refractivity contribution < 1.29 is 41.9 Å². The van der Waals surface area contributed by atoms with Crippen LogP contribution in [-0.4, -0.2) is 85.6 Å². The average molecular weight is 587 g/mol. The number of carbonyl (C=O) groups excluding carboxylic acids is 2. The molecule has 12 nitrogen and oxygen atoms in total. The van der Waals surface area contributed by atoms with Crippen LogP contribution in [-0.2, 0) is 15.7 Å². The van der Waals surface area contributed by atoms with Crippen molar-refractivity contribution in [3.8, 4) is 28.6 Å². The minimum Gasteiger partial charge on any atom is -0.507 e. The van der Waals surface area contributed by atoms with Gasteiger partial charge in [-0.1, -0.05) is 5.16 Å². The lowest BCUT2D eigenvalue weighted by atomic mass is 9.98. The Bertz CT molecular complexity index is 1620. The van der Waals surface area contributed by atoms with Crippen molar-refractivity contribution >= 4 is 17.5 Å². The smallest absolute Gasteiger partial charge is 0.437 e. The zero-order valence-corrected chi connectivity index (χ0v) is 22.1. The molecule has 3 aromatic heterocycles. The number of phenolic OH excluding ortho intramolecular Hbond substituents is 1. The van der Waals surface area contributed by atoms with Gasteiger partial charge < -0.3 is 28.9 Å². The maximum atomic E-state index is 13.3. The van der Waals surface area contributed by atoms with E-state index >= 15 is 0 Å². The van der Waals surface area contributed by atoms with Crippen molar-refractivity contribution in [2.45, 2.75) is 19.0 Å². The fourth-order valence-electron chi connectivity index (χ4n) is 5.16. The predicted octanol–water partition coefficient (Wildman–Crippen LogP) is 3.61. The summed E-state index contributed by atoms with van der Waals surface area (Å²) in [7, 11) is 0. The summed E-state index contributed by atoms with van der Waals surface area (Å²) in [5.74, 6) is -0.589. The van der Waals surface area contributed by atoms with E-state index in [9.17, 15) is 27.9 Å². The molecule has 2 aliphatic rings. The molecular weight excluding hydrogens is 561 g/mol. The highest BCUT2D eigenvalue weighted by Gasteiger charge is 2.39. The van der Waals surface area contributed by atoms with E-state index in [-0.39, 0.29) is 57.6 Å². The van der Waals surface area contributed by atoms with Gasteiger partial charge in [0.15, 0.2) is 5.69 Å². The Kier molecular flexibility index (Phi) is 7.18. The molecule has 2 aliphatic heterocycles. The molecule has 0 unspecified atom stereocenters. The lowest BCUT2D eigenvalue weighted by molar-refractivity contribution is -0.142. The summed E-state index contributed by atoms with van der Waals surface area (Å²) in [5, 5.41) is 13.7.